The van der Waals surface area contributed by atoms with Gasteiger partial charge < -0.3 is 9.47 Å². The molecule has 2 aromatic heterocycles. The largest absolute Gasteiger partial charge is 0.486 e. The van der Waals surface area contributed by atoms with Crippen LogP contribution in [0.25, 0.3) is 20.7 Å². The van der Waals surface area contributed by atoms with Gasteiger partial charge in [0.25, 0.3) is 0 Å². The normalized spacial score (nSPS) is 13.1. The van der Waals surface area contributed by atoms with Crippen LogP contribution in [-0.2, 0) is 0 Å². The van der Waals surface area contributed by atoms with E-state index in [-0.39, 0.29) is 0 Å². The van der Waals surface area contributed by atoms with Crippen molar-refractivity contribution >= 4 is 33.3 Å². The lowest BCUT2D eigenvalue weighted by molar-refractivity contribution is 0.171. The van der Waals surface area contributed by atoms with Gasteiger partial charge in [-0.1, -0.05) is 42.1 Å². The third-order valence-corrected chi connectivity index (χ3v) is 6.18. The Hall–Kier alpha value is -2.57. The summed E-state index contributed by atoms with van der Waals surface area (Å²) in [5.41, 5.74) is 1.20. The Kier molecular flexibility index (Phi) is 3.99. The minimum absolute atomic E-state index is 0.587. The highest BCUT2D eigenvalue weighted by Gasteiger charge is 2.15. The van der Waals surface area contributed by atoms with Crippen LogP contribution < -0.4 is 9.47 Å². The maximum Gasteiger partial charge on any atom is 0.162 e. The van der Waals surface area contributed by atoms with Crippen molar-refractivity contribution in [1.29, 1.82) is 0 Å². The average molecular weight is 378 g/mol. The first-order valence-electron chi connectivity index (χ1n) is 8.24. The molecule has 3 heterocycles. The monoisotopic (exact) mass is 378 g/mol. The second kappa shape index (κ2) is 6.63. The Morgan fingerprint density at radius 3 is 2.62 bits per heavy atom. The Morgan fingerprint density at radius 2 is 1.73 bits per heavy atom. The van der Waals surface area contributed by atoms with E-state index < -0.39 is 0 Å². The number of ether oxygens (including phenoxy) is 2. The lowest BCUT2D eigenvalue weighted by Gasteiger charge is -2.18. The summed E-state index contributed by atoms with van der Waals surface area (Å²) in [5, 5.41) is 2.03. The Labute approximate surface area is 158 Å². The third-order valence-electron chi connectivity index (χ3n) is 4.08. The van der Waals surface area contributed by atoms with Gasteiger partial charge in [-0.25, -0.2) is 9.97 Å². The molecule has 0 saturated heterocycles. The van der Waals surface area contributed by atoms with Crippen LogP contribution in [0.15, 0.2) is 70.8 Å². The molecule has 4 aromatic rings. The van der Waals surface area contributed by atoms with Gasteiger partial charge in [0.15, 0.2) is 11.5 Å². The first kappa shape index (κ1) is 15.7. The first-order chi connectivity index (χ1) is 12.9. The zero-order valence-electron chi connectivity index (χ0n) is 13.7. The summed E-state index contributed by atoms with van der Waals surface area (Å²) in [6, 6.07) is 18.5. The first-order valence-corrected chi connectivity index (χ1v) is 9.87. The summed E-state index contributed by atoms with van der Waals surface area (Å²) in [7, 11) is 0. The maximum atomic E-state index is 5.68. The molecule has 5 rings (SSSR count). The van der Waals surface area contributed by atoms with Crippen molar-refractivity contribution in [2.45, 2.75) is 9.92 Å². The summed E-state index contributed by atoms with van der Waals surface area (Å²) in [4.78, 5) is 12.2. The van der Waals surface area contributed by atoms with Crippen LogP contribution in [0.4, 0.5) is 0 Å². The smallest absolute Gasteiger partial charge is 0.162 e. The van der Waals surface area contributed by atoms with Crippen molar-refractivity contribution in [2.75, 3.05) is 13.2 Å². The Bertz CT molecular complexity index is 1080. The van der Waals surface area contributed by atoms with Gasteiger partial charge in [-0.05, 0) is 29.8 Å². The Balaban J connectivity index is 1.52. The second-order valence-electron chi connectivity index (χ2n) is 5.78. The van der Waals surface area contributed by atoms with Crippen LogP contribution in [0.1, 0.15) is 0 Å². The molecular formula is C20H14N2O2S2. The zero-order valence-corrected chi connectivity index (χ0v) is 15.3. The molecule has 0 N–H and O–H groups in total. The lowest BCUT2D eigenvalue weighted by Crippen LogP contribution is -2.15. The molecule has 2 aromatic carbocycles. The molecule has 128 valence electrons. The van der Waals surface area contributed by atoms with Crippen molar-refractivity contribution in [3.8, 4) is 21.9 Å². The quantitative estimate of drug-likeness (QED) is 0.454. The zero-order chi connectivity index (χ0) is 17.3. The van der Waals surface area contributed by atoms with E-state index in [4.69, 9.17) is 9.47 Å². The van der Waals surface area contributed by atoms with Crippen LogP contribution in [0, 0.1) is 0 Å². The number of hydrogen-bond donors (Lipinski definition) is 0. The molecule has 0 amide bonds. The van der Waals surface area contributed by atoms with Gasteiger partial charge in [-0.2, -0.15) is 0 Å². The van der Waals surface area contributed by atoms with E-state index in [1.54, 1.807) is 29.4 Å². The fourth-order valence-corrected chi connectivity index (χ4v) is 4.82. The molecule has 1 aliphatic rings. The molecule has 1 aliphatic heterocycles. The van der Waals surface area contributed by atoms with Crippen molar-refractivity contribution in [3.05, 3.63) is 60.9 Å². The van der Waals surface area contributed by atoms with E-state index in [1.807, 2.05) is 24.3 Å². The third kappa shape index (κ3) is 2.91. The number of fused-ring (bicyclic) bond motifs is 2. The minimum Gasteiger partial charge on any atom is -0.486 e. The molecule has 0 bridgehead atoms. The number of hydrogen-bond acceptors (Lipinski definition) is 6. The van der Waals surface area contributed by atoms with E-state index in [1.165, 1.54) is 10.4 Å². The SMILES string of the molecule is c1ccc(-c2cc3c(Sc4ccc5c(c4)OCCO5)ncnc3s2)cc1. The summed E-state index contributed by atoms with van der Waals surface area (Å²) in [6.45, 7) is 1.19. The van der Waals surface area contributed by atoms with Crippen molar-refractivity contribution < 1.29 is 9.47 Å². The maximum absolute atomic E-state index is 5.68. The highest BCUT2D eigenvalue weighted by molar-refractivity contribution is 7.99. The molecule has 4 nitrogen and oxygen atoms in total. The van der Waals surface area contributed by atoms with Crippen LogP contribution in [0.3, 0.4) is 0 Å². The molecule has 0 saturated carbocycles. The van der Waals surface area contributed by atoms with Gasteiger partial charge in [-0.3, -0.25) is 0 Å². The van der Waals surface area contributed by atoms with Crippen LogP contribution in [0.5, 0.6) is 11.5 Å². The fraction of sp³-hybridized carbons (Fsp3) is 0.100. The van der Waals surface area contributed by atoms with Gasteiger partial charge in [0.1, 0.15) is 29.4 Å². The van der Waals surface area contributed by atoms with E-state index in [2.05, 4.69) is 40.3 Å². The molecule has 0 fully saturated rings. The summed E-state index contributed by atoms with van der Waals surface area (Å²) >= 11 is 3.31. The van der Waals surface area contributed by atoms with Gasteiger partial charge >= 0.3 is 0 Å². The number of nitrogens with zero attached hydrogens (tertiary/aromatic N) is 2. The number of aromatic nitrogens is 2. The summed E-state index contributed by atoms with van der Waals surface area (Å²) < 4.78 is 11.3. The highest BCUT2D eigenvalue weighted by Crippen LogP contribution is 2.40. The van der Waals surface area contributed by atoms with Gasteiger partial charge in [-0.15, -0.1) is 11.3 Å². The topological polar surface area (TPSA) is 44.2 Å². The molecule has 0 aliphatic carbocycles. The van der Waals surface area contributed by atoms with Crippen LogP contribution in [0.2, 0.25) is 0 Å². The molecule has 6 heteroatoms. The van der Waals surface area contributed by atoms with Gasteiger partial charge in [0.05, 0.1) is 0 Å². The molecular weight excluding hydrogens is 364 g/mol. The van der Waals surface area contributed by atoms with Crippen molar-refractivity contribution in [3.63, 3.8) is 0 Å². The number of thiophene rings is 1. The van der Waals surface area contributed by atoms with E-state index >= 15 is 0 Å². The lowest BCUT2D eigenvalue weighted by atomic mass is 10.2. The molecule has 0 spiro atoms. The predicted octanol–water partition coefficient (Wildman–Crippen LogP) is 5.28. The van der Waals surface area contributed by atoms with Crippen molar-refractivity contribution in [1.82, 2.24) is 9.97 Å². The average Bonchev–Trinajstić information content (AvgIpc) is 3.14. The van der Waals surface area contributed by atoms with E-state index in [0.29, 0.717) is 13.2 Å². The molecule has 0 radical (unpaired) electrons. The standard InChI is InChI=1S/C20H14N2O2S2/c1-2-4-13(5-3-1)18-11-15-19(21-12-22-20(15)26-18)25-14-6-7-16-17(10-14)24-9-8-23-16/h1-7,10-12H,8-9H2. The van der Waals surface area contributed by atoms with Crippen LogP contribution in [-0.4, -0.2) is 23.2 Å². The van der Waals surface area contributed by atoms with E-state index in [0.717, 1.165) is 31.6 Å². The summed E-state index contributed by atoms with van der Waals surface area (Å²) in [6.07, 6.45) is 1.63. The van der Waals surface area contributed by atoms with E-state index in [9.17, 15) is 0 Å². The minimum atomic E-state index is 0.587. The molecule has 26 heavy (non-hydrogen) atoms. The van der Waals surface area contributed by atoms with Crippen LogP contribution >= 0.6 is 23.1 Å². The molecule has 0 atom stereocenters. The van der Waals surface area contributed by atoms with Gasteiger partial charge in [0.2, 0.25) is 0 Å². The fourth-order valence-electron chi connectivity index (χ4n) is 2.86. The number of benzene rings is 2. The Morgan fingerprint density at radius 1 is 0.885 bits per heavy atom. The predicted molar refractivity (Wildman–Crippen MR) is 104 cm³/mol. The van der Waals surface area contributed by atoms with Crippen molar-refractivity contribution in [2.24, 2.45) is 0 Å². The highest BCUT2D eigenvalue weighted by atomic mass is 32.2. The second-order valence-corrected chi connectivity index (χ2v) is 7.87. The molecule has 0 unspecified atom stereocenters. The number of rotatable bonds is 3. The summed E-state index contributed by atoms with van der Waals surface area (Å²) in [5.74, 6) is 1.59. The van der Waals surface area contributed by atoms with Gasteiger partial charge in [0, 0.05) is 15.2 Å².